The van der Waals surface area contributed by atoms with Crippen LogP contribution in [0.25, 0.3) is 11.4 Å². The molecule has 0 aliphatic rings. The Labute approximate surface area is 165 Å². The standard InChI is InChI=1S/C19H15Cl2N3O3/c1-11(27-16-7-3-6-15(20)17(16)21)19(26)24-13-9-22-18(23-10-13)12-4-2-5-14(25)8-12/h2-11,25H,1H3,(H,24,26). The van der Waals surface area contributed by atoms with Gasteiger partial charge in [-0.25, -0.2) is 9.97 Å². The third-order valence-electron chi connectivity index (χ3n) is 3.61. The van der Waals surface area contributed by atoms with Crippen LogP contribution in [0.4, 0.5) is 5.69 Å². The number of carbonyl (C=O) groups is 1. The Morgan fingerprint density at radius 2 is 1.85 bits per heavy atom. The van der Waals surface area contributed by atoms with Crippen molar-refractivity contribution in [2.24, 2.45) is 0 Å². The van der Waals surface area contributed by atoms with Crippen LogP contribution in [0.15, 0.2) is 54.9 Å². The highest BCUT2D eigenvalue weighted by Crippen LogP contribution is 2.32. The van der Waals surface area contributed by atoms with E-state index in [2.05, 4.69) is 15.3 Å². The second kappa shape index (κ2) is 8.24. The predicted molar refractivity (Wildman–Crippen MR) is 104 cm³/mol. The number of phenols is 1. The minimum Gasteiger partial charge on any atom is -0.508 e. The molecule has 6 nitrogen and oxygen atoms in total. The molecule has 0 radical (unpaired) electrons. The van der Waals surface area contributed by atoms with E-state index >= 15 is 0 Å². The maximum atomic E-state index is 12.3. The summed E-state index contributed by atoms with van der Waals surface area (Å²) in [4.78, 5) is 20.7. The highest BCUT2D eigenvalue weighted by atomic mass is 35.5. The number of aromatic nitrogens is 2. The topological polar surface area (TPSA) is 84.3 Å². The van der Waals surface area contributed by atoms with Crippen molar-refractivity contribution in [3.63, 3.8) is 0 Å². The molecule has 0 fully saturated rings. The van der Waals surface area contributed by atoms with Crippen molar-refractivity contribution in [2.45, 2.75) is 13.0 Å². The molecule has 138 valence electrons. The van der Waals surface area contributed by atoms with E-state index in [0.29, 0.717) is 27.8 Å². The zero-order chi connectivity index (χ0) is 19.4. The van der Waals surface area contributed by atoms with Crippen LogP contribution < -0.4 is 10.1 Å². The van der Waals surface area contributed by atoms with Gasteiger partial charge in [0.1, 0.15) is 16.5 Å². The van der Waals surface area contributed by atoms with Crippen LogP contribution in [0.2, 0.25) is 10.0 Å². The summed E-state index contributed by atoms with van der Waals surface area (Å²) in [5, 5.41) is 12.8. The molecular formula is C19H15Cl2N3O3. The SMILES string of the molecule is CC(Oc1cccc(Cl)c1Cl)C(=O)Nc1cnc(-c2cccc(O)c2)nc1. The summed E-state index contributed by atoms with van der Waals surface area (Å²) in [6.07, 6.45) is 2.14. The van der Waals surface area contributed by atoms with E-state index < -0.39 is 6.10 Å². The number of rotatable bonds is 5. The Hall–Kier alpha value is -2.83. The van der Waals surface area contributed by atoms with Crippen LogP contribution in [0, 0.1) is 0 Å². The third kappa shape index (κ3) is 4.67. The van der Waals surface area contributed by atoms with Crippen molar-refractivity contribution in [2.75, 3.05) is 5.32 Å². The molecule has 27 heavy (non-hydrogen) atoms. The number of carbonyl (C=O) groups excluding carboxylic acids is 1. The van der Waals surface area contributed by atoms with Crippen molar-refractivity contribution in [1.29, 1.82) is 0 Å². The Bertz CT molecular complexity index is 965. The number of hydrogen-bond donors (Lipinski definition) is 2. The molecule has 0 saturated heterocycles. The number of nitrogens with zero attached hydrogens (tertiary/aromatic N) is 2. The molecule has 1 amide bonds. The lowest BCUT2D eigenvalue weighted by Gasteiger charge is -2.16. The van der Waals surface area contributed by atoms with Gasteiger partial charge in [-0.15, -0.1) is 0 Å². The first-order valence-electron chi connectivity index (χ1n) is 7.97. The minimum absolute atomic E-state index is 0.124. The number of amides is 1. The van der Waals surface area contributed by atoms with E-state index in [1.165, 1.54) is 12.4 Å². The number of halogens is 2. The smallest absolute Gasteiger partial charge is 0.265 e. The summed E-state index contributed by atoms with van der Waals surface area (Å²) in [6.45, 7) is 1.59. The average molecular weight is 404 g/mol. The molecule has 0 saturated carbocycles. The fraction of sp³-hybridized carbons (Fsp3) is 0.105. The average Bonchev–Trinajstić information content (AvgIpc) is 2.66. The highest BCUT2D eigenvalue weighted by Gasteiger charge is 2.17. The van der Waals surface area contributed by atoms with Crippen LogP contribution in [-0.2, 0) is 4.79 Å². The zero-order valence-corrected chi connectivity index (χ0v) is 15.7. The molecule has 0 spiro atoms. The molecule has 2 aromatic carbocycles. The van der Waals surface area contributed by atoms with E-state index in [1.807, 2.05) is 0 Å². The van der Waals surface area contributed by atoms with Crippen LogP contribution in [0.1, 0.15) is 6.92 Å². The fourth-order valence-corrected chi connectivity index (χ4v) is 2.59. The number of ether oxygens (including phenoxy) is 1. The molecule has 2 N–H and O–H groups in total. The quantitative estimate of drug-likeness (QED) is 0.651. The van der Waals surface area contributed by atoms with Gasteiger partial charge in [-0.2, -0.15) is 0 Å². The Balaban J connectivity index is 1.66. The van der Waals surface area contributed by atoms with E-state index in [0.717, 1.165) is 0 Å². The van der Waals surface area contributed by atoms with Gasteiger partial charge in [0, 0.05) is 5.56 Å². The predicted octanol–water partition coefficient (Wildman–Crippen LogP) is 4.56. The van der Waals surface area contributed by atoms with Gasteiger partial charge in [0.2, 0.25) is 0 Å². The Morgan fingerprint density at radius 3 is 2.56 bits per heavy atom. The van der Waals surface area contributed by atoms with Crippen LogP contribution in [0.3, 0.4) is 0 Å². The second-order valence-corrected chi connectivity index (χ2v) is 6.43. The molecule has 1 unspecified atom stereocenters. The van der Waals surface area contributed by atoms with E-state index in [4.69, 9.17) is 27.9 Å². The number of nitrogens with one attached hydrogen (secondary N) is 1. The molecule has 8 heteroatoms. The number of hydrogen-bond acceptors (Lipinski definition) is 5. The lowest BCUT2D eigenvalue weighted by Crippen LogP contribution is -2.30. The molecule has 1 atom stereocenters. The van der Waals surface area contributed by atoms with Gasteiger partial charge in [-0.05, 0) is 31.2 Å². The summed E-state index contributed by atoms with van der Waals surface area (Å²) in [5.74, 6) is 0.486. The molecular weight excluding hydrogens is 389 g/mol. The number of phenolic OH excluding ortho intramolecular Hbond substituents is 1. The molecule has 0 bridgehead atoms. The molecule has 1 heterocycles. The zero-order valence-electron chi connectivity index (χ0n) is 14.2. The maximum absolute atomic E-state index is 12.3. The van der Waals surface area contributed by atoms with Crippen LogP contribution >= 0.6 is 23.2 Å². The van der Waals surface area contributed by atoms with Gasteiger partial charge in [0.25, 0.3) is 5.91 Å². The minimum atomic E-state index is -0.813. The molecule has 0 aliphatic carbocycles. The normalized spacial score (nSPS) is 11.7. The Morgan fingerprint density at radius 1 is 1.15 bits per heavy atom. The van der Waals surface area contributed by atoms with Gasteiger partial charge >= 0.3 is 0 Å². The molecule has 0 aliphatic heterocycles. The highest BCUT2D eigenvalue weighted by molar-refractivity contribution is 6.42. The first-order valence-corrected chi connectivity index (χ1v) is 8.72. The maximum Gasteiger partial charge on any atom is 0.265 e. The monoisotopic (exact) mass is 403 g/mol. The lowest BCUT2D eigenvalue weighted by atomic mass is 10.2. The number of benzene rings is 2. The van der Waals surface area contributed by atoms with Crippen molar-refractivity contribution < 1.29 is 14.6 Å². The van der Waals surface area contributed by atoms with Crippen molar-refractivity contribution in [1.82, 2.24) is 9.97 Å². The van der Waals surface area contributed by atoms with Gasteiger partial charge in [0.15, 0.2) is 11.9 Å². The Kier molecular flexibility index (Phi) is 5.78. The van der Waals surface area contributed by atoms with E-state index in [-0.39, 0.29) is 16.7 Å². The molecule has 3 aromatic rings. The number of aromatic hydroxyl groups is 1. The van der Waals surface area contributed by atoms with Gasteiger partial charge in [0.05, 0.1) is 23.1 Å². The summed E-state index contributed by atoms with van der Waals surface area (Å²) in [6, 6.07) is 11.5. The summed E-state index contributed by atoms with van der Waals surface area (Å²) in [7, 11) is 0. The molecule has 3 rings (SSSR count). The summed E-state index contributed by atoms with van der Waals surface area (Å²) in [5.41, 5.74) is 1.08. The lowest BCUT2D eigenvalue weighted by molar-refractivity contribution is -0.122. The number of anilines is 1. The van der Waals surface area contributed by atoms with Crippen molar-refractivity contribution in [3.05, 3.63) is 64.9 Å². The first-order chi connectivity index (χ1) is 12.9. The fourth-order valence-electron chi connectivity index (χ4n) is 2.25. The first kappa shape index (κ1) is 18.9. The largest absolute Gasteiger partial charge is 0.508 e. The molecule has 1 aromatic heterocycles. The van der Waals surface area contributed by atoms with Crippen LogP contribution in [0.5, 0.6) is 11.5 Å². The van der Waals surface area contributed by atoms with Gasteiger partial charge < -0.3 is 15.2 Å². The third-order valence-corrected chi connectivity index (χ3v) is 4.41. The van der Waals surface area contributed by atoms with Crippen molar-refractivity contribution in [3.8, 4) is 22.9 Å². The summed E-state index contributed by atoms with van der Waals surface area (Å²) < 4.78 is 5.57. The van der Waals surface area contributed by atoms with Gasteiger partial charge in [-0.1, -0.05) is 41.4 Å². The van der Waals surface area contributed by atoms with Gasteiger partial charge in [-0.3, -0.25) is 4.79 Å². The second-order valence-electron chi connectivity index (χ2n) is 5.65. The van der Waals surface area contributed by atoms with E-state index in [1.54, 1.807) is 49.4 Å². The summed E-state index contributed by atoms with van der Waals surface area (Å²) >= 11 is 12.0. The van der Waals surface area contributed by atoms with Crippen LogP contribution in [-0.4, -0.2) is 27.1 Å². The van der Waals surface area contributed by atoms with Crippen molar-refractivity contribution >= 4 is 34.8 Å². The van der Waals surface area contributed by atoms with E-state index in [9.17, 15) is 9.90 Å².